The van der Waals surface area contributed by atoms with E-state index in [1.54, 1.807) is 24.3 Å². The number of hydrogen-bond donors (Lipinski definition) is 3. The summed E-state index contributed by atoms with van der Waals surface area (Å²) in [5.41, 5.74) is 2.02. The third kappa shape index (κ3) is 6.45. The third-order valence-electron chi connectivity index (χ3n) is 4.43. The Labute approximate surface area is 165 Å². The van der Waals surface area contributed by atoms with Gasteiger partial charge >= 0.3 is 6.03 Å². The van der Waals surface area contributed by atoms with E-state index in [-0.39, 0.29) is 6.03 Å². The van der Waals surface area contributed by atoms with E-state index in [2.05, 4.69) is 15.4 Å². The maximum absolute atomic E-state index is 12.1. The molecule has 2 aromatic rings. The van der Waals surface area contributed by atoms with E-state index in [9.17, 15) is 13.2 Å². The molecule has 3 N–H and O–H groups in total. The molecule has 2 amide bonds. The molecule has 28 heavy (non-hydrogen) atoms. The molecule has 7 nitrogen and oxygen atoms in total. The number of amides is 2. The van der Waals surface area contributed by atoms with Crippen LogP contribution in [0.2, 0.25) is 0 Å². The molecule has 2 aromatic carbocycles. The fraction of sp³-hybridized carbons (Fsp3) is 0.350. The highest BCUT2D eigenvalue weighted by molar-refractivity contribution is 7.92. The van der Waals surface area contributed by atoms with Crippen LogP contribution in [0.4, 0.5) is 16.2 Å². The van der Waals surface area contributed by atoms with Crippen LogP contribution in [-0.2, 0) is 16.6 Å². The van der Waals surface area contributed by atoms with Crippen LogP contribution in [0.3, 0.4) is 0 Å². The first-order chi connectivity index (χ1) is 13.4. The first-order valence-corrected chi connectivity index (χ1v) is 11.1. The molecule has 0 atom stereocenters. The summed E-state index contributed by atoms with van der Waals surface area (Å²) >= 11 is 0. The summed E-state index contributed by atoms with van der Waals surface area (Å²) in [5, 5.41) is 5.55. The molecule has 1 aliphatic carbocycles. The normalized spacial score (nSPS) is 14.5. The number of benzene rings is 2. The van der Waals surface area contributed by atoms with Crippen LogP contribution in [0, 0.1) is 0 Å². The smallest absolute Gasteiger partial charge is 0.319 e. The zero-order chi connectivity index (χ0) is 20.0. The number of sulfonamides is 1. The van der Waals surface area contributed by atoms with Crippen molar-refractivity contribution in [1.29, 1.82) is 0 Å². The molecule has 0 heterocycles. The summed E-state index contributed by atoms with van der Waals surface area (Å²) in [6, 6.07) is 13.8. The van der Waals surface area contributed by atoms with Crippen LogP contribution in [0.15, 0.2) is 48.5 Å². The van der Waals surface area contributed by atoms with Crippen molar-refractivity contribution in [2.45, 2.75) is 38.3 Å². The standard InChI is InChI=1S/C20H25N3O4S/c1-28(25,26)23-17-8-6-15(7-9-17)14-21-20(24)22-16-10-12-19(13-11-16)27-18-4-2-3-5-18/h6-13,18,23H,2-5,14H2,1H3,(H2,21,22,24). The molecule has 0 spiro atoms. The van der Waals surface area contributed by atoms with Gasteiger partial charge in [0.05, 0.1) is 12.4 Å². The van der Waals surface area contributed by atoms with E-state index in [4.69, 9.17) is 4.74 Å². The van der Waals surface area contributed by atoms with E-state index >= 15 is 0 Å². The van der Waals surface area contributed by atoms with E-state index in [1.165, 1.54) is 12.8 Å². The first-order valence-electron chi connectivity index (χ1n) is 9.26. The van der Waals surface area contributed by atoms with Crippen molar-refractivity contribution in [3.05, 3.63) is 54.1 Å². The van der Waals surface area contributed by atoms with Crippen molar-refractivity contribution in [2.75, 3.05) is 16.3 Å². The number of anilines is 2. The van der Waals surface area contributed by atoms with Crippen molar-refractivity contribution in [3.8, 4) is 5.75 Å². The Bertz CT molecular complexity index is 890. The highest BCUT2D eigenvalue weighted by Gasteiger charge is 2.16. The highest BCUT2D eigenvalue weighted by Crippen LogP contribution is 2.25. The van der Waals surface area contributed by atoms with Crippen molar-refractivity contribution in [1.82, 2.24) is 5.32 Å². The molecule has 0 aromatic heterocycles. The van der Waals surface area contributed by atoms with Gasteiger partial charge in [0, 0.05) is 17.9 Å². The zero-order valence-electron chi connectivity index (χ0n) is 15.8. The van der Waals surface area contributed by atoms with Crippen LogP contribution in [0.5, 0.6) is 5.75 Å². The maximum atomic E-state index is 12.1. The Hall–Kier alpha value is -2.74. The Balaban J connectivity index is 1.44. The summed E-state index contributed by atoms with van der Waals surface area (Å²) in [4.78, 5) is 12.1. The van der Waals surface area contributed by atoms with Gasteiger partial charge < -0.3 is 15.4 Å². The van der Waals surface area contributed by atoms with Gasteiger partial charge in [-0.2, -0.15) is 0 Å². The molecular weight excluding hydrogens is 378 g/mol. The molecule has 3 rings (SSSR count). The van der Waals surface area contributed by atoms with Crippen LogP contribution in [0.25, 0.3) is 0 Å². The van der Waals surface area contributed by atoms with Crippen LogP contribution in [-0.4, -0.2) is 26.8 Å². The summed E-state index contributed by atoms with van der Waals surface area (Å²) in [7, 11) is -3.30. The van der Waals surface area contributed by atoms with Gasteiger partial charge in [0.2, 0.25) is 10.0 Å². The van der Waals surface area contributed by atoms with Crippen molar-refractivity contribution >= 4 is 27.4 Å². The van der Waals surface area contributed by atoms with Gasteiger partial charge in [-0.1, -0.05) is 12.1 Å². The Morgan fingerprint density at radius 2 is 1.61 bits per heavy atom. The second-order valence-electron chi connectivity index (χ2n) is 6.93. The maximum Gasteiger partial charge on any atom is 0.319 e. The number of ether oxygens (including phenoxy) is 1. The second-order valence-corrected chi connectivity index (χ2v) is 8.68. The Morgan fingerprint density at radius 1 is 1.00 bits per heavy atom. The first kappa shape index (κ1) is 20.0. The van der Waals surface area contributed by atoms with Gasteiger partial charge in [0.15, 0.2) is 0 Å². The quantitative estimate of drug-likeness (QED) is 0.657. The van der Waals surface area contributed by atoms with Crippen LogP contribution >= 0.6 is 0 Å². The molecular formula is C20H25N3O4S. The molecule has 1 fully saturated rings. The lowest BCUT2D eigenvalue weighted by Gasteiger charge is -2.13. The van der Waals surface area contributed by atoms with Gasteiger partial charge in [-0.25, -0.2) is 13.2 Å². The number of hydrogen-bond acceptors (Lipinski definition) is 4. The third-order valence-corrected chi connectivity index (χ3v) is 5.03. The number of nitrogens with one attached hydrogen (secondary N) is 3. The summed E-state index contributed by atoms with van der Waals surface area (Å²) in [6.45, 7) is 0.327. The lowest BCUT2D eigenvalue weighted by molar-refractivity contribution is 0.210. The van der Waals surface area contributed by atoms with Gasteiger partial charge in [0.1, 0.15) is 5.75 Å². The van der Waals surface area contributed by atoms with E-state index in [1.807, 2.05) is 24.3 Å². The molecule has 8 heteroatoms. The van der Waals surface area contributed by atoms with Crippen molar-refractivity contribution in [2.24, 2.45) is 0 Å². The predicted molar refractivity (Wildman–Crippen MR) is 110 cm³/mol. The topological polar surface area (TPSA) is 96.5 Å². The number of carbonyl (C=O) groups is 1. The minimum absolute atomic E-state index is 0.307. The number of carbonyl (C=O) groups excluding carboxylic acids is 1. The number of urea groups is 1. The molecule has 150 valence electrons. The molecule has 0 radical (unpaired) electrons. The van der Waals surface area contributed by atoms with Gasteiger partial charge in [0.25, 0.3) is 0 Å². The summed E-state index contributed by atoms with van der Waals surface area (Å²) in [6.07, 6.45) is 6.06. The molecule has 0 bridgehead atoms. The fourth-order valence-electron chi connectivity index (χ4n) is 3.08. The Kier molecular flexibility index (Phi) is 6.41. The van der Waals surface area contributed by atoms with Gasteiger partial charge in [-0.05, 0) is 67.6 Å². The highest BCUT2D eigenvalue weighted by atomic mass is 32.2. The molecule has 0 unspecified atom stereocenters. The number of rotatable bonds is 7. The monoisotopic (exact) mass is 403 g/mol. The second kappa shape index (κ2) is 8.97. The molecule has 0 saturated heterocycles. The zero-order valence-corrected chi connectivity index (χ0v) is 16.6. The lowest BCUT2D eigenvalue weighted by Crippen LogP contribution is -2.28. The predicted octanol–water partition coefficient (Wildman–Crippen LogP) is 3.70. The van der Waals surface area contributed by atoms with Crippen molar-refractivity contribution in [3.63, 3.8) is 0 Å². The Morgan fingerprint density at radius 3 is 2.21 bits per heavy atom. The van der Waals surface area contributed by atoms with Crippen molar-refractivity contribution < 1.29 is 17.9 Å². The van der Waals surface area contributed by atoms with Crippen LogP contribution < -0.4 is 20.1 Å². The molecule has 0 aliphatic heterocycles. The van der Waals surface area contributed by atoms with Gasteiger partial charge in [-0.15, -0.1) is 0 Å². The van der Waals surface area contributed by atoms with Gasteiger partial charge in [-0.3, -0.25) is 4.72 Å². The molecule has 1 aliphatic rings. The summed E-state index contributed by atoms with van der Waals surface area (Å²) < 4.78 is 30.7. The SMILES string of the molecule is CS(=O)(=O)Nc1ccc(CNC(=O)Nc2ccc(OC3CCCC3)cc2)cc1. The fourth-order valence-corrected chi connectivity index (χ4v) is 3.64. The van der Waals surface area contributed by atoms with E-state index in [0.29, 0.717) is 24.0 Å². The van der Waals surface area contributed by atoms with Crippen LogP contribution in [0.1, 0.15) is 31.2 Å². The minimum atomic E-state index is -3.30. The largest absolute Gasteiger partial charge is 0.490 e. The van der Waals surface area contributed by atoms with E-state index < -0.39 is 10.0 Å². The minimum Gasteiger partial charge on any atom is -0.490 e. The summed E-state index contributed by atoms with van der Waals surface area (Å²) in [5.74, 6) is 0.820. The lowest BCUT2D eigenvalue weighted by atomic mass is 10.2. The average Bonchev–Trinajstić information content (AvgIpc) is 3.15. The average molecular weight is 404 g/mol. The molecule has 1 saturated carbocycles. The van der Waals surface area contributed by atoms with E-state index in [0.717, 1.165) is 30.4 Å².